The minimum Gasteiger partial charge on any atom is -0.290 e. The molecular formula is C11H11FO2. The van der Waals surface area contributed by atoms with E-state index in [0.29, 0.717) is 5.56 Å². The normalized spacial score (nSPS) is 9.93. The third-order valence-electron chi connectivity index (χ3n) is 1.99. The van der Waals surface area contributed by atoms with Gasteiger partial charge in [-0.3, -0.25) is 9.59 Å². The molecule has 14 heavy (non-hydrogen) atoms. The maximum absolute atomic E-state index is 12.8. The van der Waals surface area contributed by atoms with Crippen molar-refractivity contribution in [3.8, 4) is 0 Å². The van der Waals surface area contributed by atoms with Gasteiger partial charge >= 0.3 is 0 Å². The van der Waals surface area contributed by atoms with E-state index in [1.807, 2.05) is 0 Å². The van der Waals surface area contributed by atoms with Gasteiger partial charge < -0.3 is 0 Å². The van der Waals surface area contributed by atoms with Crippen LogP contribution in [0.2, 0.25) is 0 Å². The molecule has 0 heterocycles. The van der Waals surface area contributed by atoms with Gasteiger partial charge in [-0.25, -0.2) is 4.39 Å². The molecule has 3 heteroatoms. The molecule has 0 aliphatic carbocycles. The van der Waals surface area contributed by atoms with Crippen molar-refractivity contribution in [1.82, 2.24) is 0 Å². The molecule has 1 rings (SSSR count). The molecule has 0 aliphatic heterocycles. The van der Waals surface area contributed by atoms with Crippen molar-refractivity contribution in [2.24, 2.45) is 0 Å². The Hall–Kier alpha value is -1.51. The lowest BCUT2D eigenvalue weighted by Gasteiger charge is -2.00. The lowest BCUT2D eigenvalue weighted by Crippen LogP contribution is -2.12. The molecule has 0 N–H and O–H groups in total. The van der Waals surface area contributed by atoms with Crippen LogP contribution in [-0.2, 0) is 4.79 Å². The lowest BCUT2D eigenvalue weighted by molar-refractivity contribution is -0.114. The molecule has 0 bridgehead atoms. The SMILES string of the molecule is CCC(=O)C(=O)c1ccc(F)c(C)c1. The van der Waals surface area contributed by atoms with Gasteiger partial charge in [0.05, 0.1) is 0 Å². The van der Waals surface area contributed by atoms with Crippen LogP contribution in [0, 0.1) is 12.7 Å². The number of Topliss-reactive ketones (excluding diaryl/α,β-unsaturated/α-hetero) is 2. The quantitative estimate of drug-likeness (QED) is 0.546. The highest BCUT2D eigenvalue weighted by Gasteiger charge is 2.14. The molecule has 74 valence electrons. The maximum atomic E-state index is 12.8. The van der Waals surface area contributed by atoms with Crippen LogP contribution in [0.1, 0.15) is 29.3 Å². The first kappa shape index (κ1) is 10.6. The summed E-state index contributed by atoms with van der Waals surface area (Å²) in [6.45, 7) is 3.18. The van der Waals surface area contributed by atoms with Crippen molar-refractivity contribution in [2.45, 2.75) is 20.3 Å². The van der Waals surface area contributed by atoms with Gasteiger partial charge in [0, 0.05) is 12.0 Å². The lowest BCUT2D eigenvalue weighted by atomic mass is 10.0. The summed E-state index contributed by atoms with van der Waals surface area (Å²) in [5, 5.41) is 0. The Bertz CT molecular complexity index is 383. The van der Waals surface area contributed by atoms with E-state index < -0.39 is 11.6 Å². The molecule has 2 nitrogen and oxygen atoms in total. The summed E-state index contributed by atoms with van der Waals surface area (Å²) in [5.41, 5.74) is 0.635. The second-order valence-electron chi connectivity index (χ2n) is 3.07. The fourth-order valence-corrected chi connectivity index (χ4v) is 1.11. The largest absolute Gasteiger partial charge is 0.290 e. The van der Waals surface area contributed by atoms with Crippen molar-refractivity contribution in [1.29, 1.82) is 0 Å². The molecule has 1 aromatic carbocycles. The van der Waals surface area contributed by atoms with Crippen LogP contribution in [0.5, 0.6) is 0 Å². The summed E-state index contributed by atoms with van der Waals surface area (Å²) in [4.78, 5) is 22.4. The second kappa shape index (κ2) is 4.13. The number of hydrogen-bond acceptors (Lipinski definition) is 2. The fourth-order valence-electron chi connectivity index (χ4n) is 1.11. The third kappa shape index (κ3) is 2.05. The summed E-state index contributed by atoms with van der Waals surface area (Å²) < 4.78 is 12.8. The standard InChI is InChI=1S/C11H11FO2/c1-3-10(13)11(14)8-4-5-9(12)7(2)6-8/h4-6H,3H2,1-2H3. The van der Waals surface area contributed by atoms with Gasteiger partial charge in [-0.2, -0.15) is 0 Å². The van der Waals surface area contributed by atoms with Crippen LogP contribution >= 0.6 is 0 Å². The Kier molecular flexibility index (Phi) is 3.12. The third-order valence-corrected chi connectivity index (χ3v) is 1.99. The van der Waals surface area contributed by atoms with Gasteiger partial charge in [0.1, 0.15) is 5.82 Å². The molecular weight excluding hydrogens is 183 g/mol. The topological polar surface area (TPSA) is 34.1 Å². The highest BCUT2D eigenvalue weighted by atomic mass is 19.1. The average Bonchev–Trinajstić information content (AvgIpc) is 2.20. The van der Waals surface area contributed by atoms with Gasteiger partial charge in [-0.15, -0.1) is 0 Å². The predicted molar refractivity (Wildman–Crippen MR) is 50.8 cm³/mol. The summed E-state index contributed by atoms with van der Waals surface area (Å²) in [6, 6.07) is 3.93. The van der Waals surface area contributed by atoms with Crippen LogP contribution in [-0.4, -0.2) is 11.6 Å². The number of aryl methyl sites for hydroxylation is 1. The number of ketones is 2. The highest BCUT2D eigenvalue weighted by molar-refractivity contribution is 6.43. The van der Waals surface area contributed by atoms with E-state index in [2.05, 4.69) is 0 Å². The van der Waals surface area contributed by atoms with Gasteiger partial charge in [-0.05, 0) is 30.7 Å². The Labute approximate surface area is 81.7 Å². The molecule has 0 spiro atoms. The number of halogens is 1. The van der Waals surface area contributed by atoms with Gasteiger partial charge in [0.2, 0.25) is 11.6 Å². The molecule has 0 unspecified atom stereocenters. The molecule has 0 fully saturated rings. The van der Waals surface area contributed by atoms with E-state index >= 15 is 0 Å². The van der Waals surface area contributed by atoms with Crippen molar-refractivity contribution < 1.29 is 14.0 Å². The monoisotopic (exact) mass is 194 g/mol. The predicted octanol–water partition coefficient (Wildman–Crippen LogP) is 2.30. The van der Waals surface area contributed by atoms with E-state index in [-0.39, 0.29) is 17.8 Å². The smallest absolute Gasteiger partial charge is 0.228 e. The average molecular weight is 194 g/mol. The Morgan fingerprint density at radius 3 is 2.50 bits per heavy atom. The second-order valence-corrected chi connectivity index (χ2v) is 3.07. The van der Waals surface area contributed by atoms with Crippen LogP contribution in [0.4, 0.5) is 4.39 Å². The van der Waals surface area contributed by atoms with Crippen molar-refractivity contribution >= 4 is 11.6 Å². The van der Waals surface area contributed by atoms with Crippen LogP contribution in [0.15, 0.2) is 18.2 Å². The molecule has 0 saturated carbocycles. The molecule has 0 atom stereocenters. The van der Waals surface area contributed by atoms with Crippen molar-refractivity contribution in [2.75, 3.05) is 0 Å². The molecule has 0 aromatic heterocycles. The van der Waals surface area contributed by atoms with Crippen molar-refractivity contribution in [3.63, 3.8) is 0 Å². The summed E-state index contributed by atoms with van der Waals surface area (Å²) >= 11 is 0. The summed E-state index contributed by atoms with van der Waals surface area (Å²) in [5.74, 6) is -1.36. The molecule has 0 radical (unpaired) electrons. The van der Waals surface area contributed by atoms with Gasteiger partial charge in [0.25, 0.3) is 0 Å². The van der Waals surface area contributed by atoms with Crippen LogP contribution < -0.4 is 0 Å². The fraction of sp³-hybridized carbons (Fsp3) is 0.273. The van der Waals surface area contributed by atoms with E-state index in [1.165, 1.54) is 18.2 Å². The number of carbonyl (C=O) groups is 2. The molecule has 0 aliphatic rings. The number of benzene rings is 1. The first-order valence-electron chi connectivity index (χ1n) is 4.40. The van der Waals surface area contributed by atoms with E-state index in [4.69, 9.17) is 0 Å². The first-order chi connectivity index (χ1) is 6.56. The zero-order valence-electron chi connectivity index (χ0n) is 8.13. The zero-order valence-corrected chi connectivity index (χ0v) is 8.13. The molecule has 1 aromatic rings. The Balaban J connectivity index is 3.03. The number of hydrogen-bond donors (Lipinski definition) is 0. The minimum atomic E-state index is -0.546. The minimum absolute atomic E-state index is 0.176. The molecule has 0 saturated heterocycles. The Morgan fingerprint density at radius 1 is 1.36 bits per heavy atom. The zero-order chi connectivity index (χ0) is 10.7. The molecule has 0 amide bonds. The highest BCUT2D eigenvalue weighted by Crippen LogP contribution is 2.10. The van der Waals surface area contributed by atoms with Crippen molar-refractivity contribution in [3.05, 3.63) is 35.1 Å². The van der Waals surface area contributed by atoms with Crippen LogP contribution in [0.25, 0.3) is 0 Å². The van der Waals surface area contributed by atoms with E-state index in [9.17, 15) is 14.0 Å². The van der Waals surface area contributed by atoms with Gasteiger partial charge in [0.15, 0.2) is 0 Å². The van der Waals surface area contributed by atoms with E-state index in [0.717, 1.165) is 0 Å². The number of carbonyl (C=O) groups excluding carboxylic acids is 2. The first-order valence-corrected chi connectivity index (χ1v) is 4.40. The summed E-state index contributed by atoms with van der Waals surface area (Å²) in [7, 11) is 0. The maximum Gasteiger partial charge on any atom is 0.228 e. The van der Waals surface area contributed by atoms with Crippen LogP contribution in [0.3, 0.4) is 0 Å². The van der Waals surface area contributed by atoms with Gasteiger partial charge in [-0.1, -0.05) is 6.92 Å². The van der Waals surface area contributed by atoms with E-state index in [1.54, 1.807) is 13.8 Å². The number of rotatable bonds is 3. The summed E-state index contributed by atoms with van der Waals surface area (Å²) in [6.07, 6.45) is 0.176. The Morgan fingerprint density at radius 2 is 2.00 bits per heavy atom.